The molecule has 0 saturated heterocycles. The number of benzene rings is 1. The van der Waals surface area contributed by atoms with Gasteiger partial charge in [0.15, 0.2) is 0 Å². The molecule has 1 aliphatic rings. The number of amides is 1. The molecule has 0 spiro atoms. The Balaban J connectivity index is 2.13. The molecule has 104 valence electrons. The Kier molecular flexibility index (Phi) is 4.37. The lowest BCUT2D eigenvalue weighted by atomic mass is 9.92. The zero-order valence-electron chi connectivity index (χ0n) is 10.9. The van der Waals surface area contributed by atoms with Crippen LogP contribution in [0.3, 0.4) is 0 Å². The van der Waals surface area contributed by atoms with Crippen molar-refractivity contribution in [1.82, 2.24) is 5.32 Å². The molecule has 0 bridgehead atoms. The monoisotopic (exact) mass is 266 g/mol. The molecule has 0 heterocycles. The van der Waals surface area contributed by atoms with Gasteiger partial charge in [0.1, 0.15) is 5.82 Å². The molecule has 2 atom stereocenters. The number of aliphatic hydroxyl groups is 1. The fourth-order valence-corrected chi connectivity index (χ4v) is 2.49. The van der Waals surface area contributed by atoms with E-state index in [1.807, 2.05) is 0 Å². The summed E-state index contributed by atoms with van der Waals surface area (Å²) in [6, 6.07) is 4.13. The topological polar surface area (TPSA) is 61.4 Å². The fourth-order valence-electron chi connectivity index (χ4n) is 2.49. The van der Waals surface area contributed by atoms with Crippen molar-refractivity contribution in [3.8, 4) is 0 Å². The van der Waals surface area contributed by atoms with Gasteiger partial charge in [-0.2, -0.15) is 0 Å². The van der Waals surface area contributed by atoms with Gasteiger partial charge in [0, 0.05) is 7.05 Å². The van der Waals surface area contributed by atoms with Crippen LogP contribution in [-0.2, 0) is 0 Å². The maximum absolute atomic E-state index is 13.6. The molecule has 0 aromatic heterocycles. The molecule has 0 radical (unpaired) electrons. The number of hydrogen-bond donors (Lipinski definition) is 3. The van der Waals surface area contributed by atoms with Gasteiger partial charge in [0.25, 0.3) is 5.91 Å². The first-order chi connectivity index (χ1) is 9.13. The van der Waals surface area contributed by atoms with Crippen LogP contribution in [0.1, 0.15) is 36.0 Å². The highest BCUT2D eigenvalue weighted by Gasteiger charge is 2.25. The van der Waals surface area contributed by atoms with Gasteiger partial charge < -0.3 is 15.7 Å². The van der Waals surface area contributed by atoms with Crippen molar-refractivity contribution < 1.29 is 14.3 Å². The summed E-state index contributed by atoms with van der Waals surface area (Å²) in [5, 5.41) is 15.3. The normalized spacial score (nSPS) is 22.9. The Morgan fingerprint density at radius 1 is 1.37 bits per heavy atom. The minimum Gasteiger partial charge on any atom is -0.391 e. The van der Waals surface area contributed by atoms with Gasteiger partial charge in [0.2, 0.25) is 0 Å². The molecule has 1 aliphatic carbocycles. The summed E-state index contributed by atoms with van der Waals surface area (Å²) in [6.07, 6.45) is 2.92. The SMILES string of the molecule is CNc1c(F)cccc1C(=O)NC1CCCCC1O. The van der Waals surface area contributed by atoms with Gasteiger partial charge in [0.05, 0.1) is 23.4 Å². The van der Waals surface area contributed by atoms with E-state index in [4.69, 9.17) is 0 Å². The first-order valence-corrected chi connectivity index (χ1v) is 6.58. The van der Waals surface area contributed by atoms with Gasteiger partial charge >= 0.3 is 0 Å². The zero-order valence-corrected chi connectivity index (χ0v) is 10.9. The molecule has 1 aromatic rings. The lowest BCUT2D eigenvalue weighted by Gasteiger charge is -2.28. The highest BCUT2D eigenvalue weighted by atomic mass is 19.1. The van der Waals surface area contributed by atoms with Crippen LogP contribution in [0.4, 0.5) is 10.1 Å². The summed E-state index contributed by atoms with van der Waals surface area (Å²) >= 11 is 0. The predicted octanol–water partition coefficient (Wildman–Crippen LogP) is 1.90. The number of carbonyl (C=O) groups excluding carboxylic acids is 1. The highest BCUT2D eigenvalue weighted by molar-refractivity contribution is 5.99. The van der Waals surface area contributed by atoms with Crippen molar-refractivity contribution in [3.63, 3.8) is 0 Å². The molecule has 2 rings (SSSR count). The third-order valence-electron chi connectivity index (χ3n) is 3.55. The number of nitrogens with one attached hydrogen (secondary N) is 2. The van der Waals surface area contributed by atoms with Crippen molar-refractivity contribution in [3.05, 3.63) is 29.6 Å². The number of carbonyl (C=O) groups is 1. The quantitative estimate of drug-likeness (QED) is 0.783. The third-order valence-corrected chi connectivity index (χ3v) is 3.55. The van der Waals surface area contributed by atoms with Crippen molar-refractivity contribution >= 4 is 11.6 Å². The molecular weight excluding hydrogens is 247 g/mol. The third kappa shape index (κ3) is 3.04. The lowest BCUT2D eigenvalue weighted by Crippen LogP contribution is -2.45. The van der Waals surface area contributed by atoms with Crippen LogP contribution in [0.5, 0.6) is 0 Å². The summed E-state index contributed by atoms with van der Waals surface area (Å²) in [6.45, 7) is 0. The Morgan fingerprint density at radius 2 is 2.11 bits per heavy atom. The second kappa shape index (κ2) is 6.02. The van der Waals surface area contributed by atoms with E-state index in [1.165, 1.54) is 12.1 Å². The van der Waals surface area contributed by atoms with Crippen LogP contribution in [0.25, 0.3) is 0 Å². The van der Waals surface area contributed by atoms with Crippen LogP contribution in [-0.4, -0.2) is 30.2 Å². The van der Waals surface area contributed by atoms with E-state index in [1.54, 1.807) is 13.1 Å². The van der Waals surface area contributed by atoms with Gasteiger partial charge in [-0.15, -0.1) is 0 Å². The average molecular weight is 266 g/mol. The van der Waals surface area contributed by atoms with E-state index in [2.05, 4.69) is 10.6 Å². The van der Waals surface area contributed by atoms with Gasteiger partial charge in [-0.1, -0.05) is 18.9 Å². The van der Waals surface area contributed by atoms with Crippen molar-refractivity contribution in [1.29, 1.82) is 0 Å². The first kappa shape index (κ1) is 13.8. The number of aliphatic hydroxyl groups excluding tert-OH is 1. The largest absolute Gasteiger partial charge is 0.391 e. The van der Waals surface area contributed by atoms with Gasteiger partial charge in [-0.25, -0.2) is 4.39 Å². The number of anilines is 1. The molecule has 4 nitrogen and oxygen atoms in total. The Morgan fingerprint density at radius 3 is 2.79 bits per heavy atom. The molecule has 3 N–H and O–H groups in total. The van der Waals surface area contributed by atoms with Crippen LogP contribution >= 0.6 is 0 Å². The Hall–Kier alpha value is -1.62. The predicted molar refractivity (Wildman–Crippen MR) is 71.7 cm³/mol. The summed E-state index contributed by atoms with van der Waals surface area (Å²) in [5.74, 6) is -0.811. The van der Waals surface area contributed by atoms with E-state index in [0.29, 0.717) is 6.42 Å². The van der Waals surface area contributed by atoms with Crippen LogP contribution in [0.15, 0.2) is 18.2 Å². The number of halogens is 1. The van der Waals surface area contributed by atoms with E-state index < -0.39 is 11.9 Å². The molecule has 1 amide bonds. The molecule has 1 aromatic carbocycles. The fraction of sp³-hybridized carbons (Fsp3) is 0.500. The van der Waals surface area contributed by atoms with Crippen molar-refractivity contribution in [2.75, 3.05) is 12.4 Å². The zero-order chi connectivity index (χ0) is 13.8. The van der Waals surface area contributed by atoms with E-state index in [9.17, 15) is 14.3 Å². The minimum absolute atomic E-state index is 0.185. The molecule has 5 heteroatoms. The second-order valence-electron chi connectivity index (χ2n) is 4.84. The summed E-state index contributed by atoms with van der Waals surface area (Å²) in [5.41, 5.74) is 0.450. The maximum Gasteiger partial charge on any atom is 0.253 e. The molecule has 1 fully saturated rings. The maximum atomic E-state index is 13.6. The second-order valence-corrected chi connectivity index (χ2v) is 4.84. The average Bonchev–Trinajstić information content (AvgIpc) is 2.41. The van der Waals surface area contributed by atoms with E-state index in [0.717, 1.165) is 19.3 Å². The lowest BCUT2D eigenvalue weighted by molar-refractivity contribution is 0.0717. The Bertz CT molecular complexity index is 465. The van der Waals surface area contributed by atoms with E-state index in [-0.39, 0.29) is 23.2 Å². The molecule has 19 heavy (non-hydrogen) atoms. The van der Waals surface area contributed by atoms with Crippen LogP contribution in [0, 0.1) is 5.82 Å². The van der Waals surface area contributed by atoms with Crippen molar-refractivity contribution in [2.45, 2.75) is 37.8 Å². The first-order valence-electron chi connectivity index (χ1n) is 6.58. The molecule has 2 unspecified atom stereocenters. The minimum atomic E-state index is -0.510. The molecule has 0 aliphatic heterocycles. The number of para-hydroxylation sites is 1. The standard InChI is InChI=1S/C14H19FN2O2/c1-16-13-9(5-4-6-10(13)15)14(19)17-11-7-2-3-8-12(11)18/h4-6,11-12,16,18H,2-3,7-8H2,1H3,(H,17,19). The summed E-state index contributed by atoms with van der Waals surface area (Å²) in [4.78, 5) is 12.2. The van der Waals surface area contributed by atoms with Crippen LogP contribution < -0.4 is 10.6 Å². The van der Waals surface area contributed by atoms with E-state index >= 15 is 0 Å². The van der Waals surface area contributed by atoms with Crippen LogP contribution in [0.2, 0.25) is 0 Å². The van der Waals surface area contributed by atoms with Crippen molar-refractivity contribution in [2.24, 2.45) is 0 Å². The summed E-state index contributed by atoms with van der Waals surface area (Å²) < 4.78 is 13.6. The highest BCUT2D eigenvalue weighted by Crippen LogP contribution is 2.22. The molecule has 1 saturated carbocycles. The number of rotatable bonds is 3. The van der Waals surface area contributed by atoms with Gasteiger partial charge in [-0.05, 0) is 25.0 Å². The number of hydrogen-bond acceptors (Lipinski definition) is 3. The summed E-state index contributed by atoms with van der Waals surface area (Å²) in [7, 11) is 1.57. The smallest absolute Gasteiger partial charge is 0.253 e. The molecular formula is C14H19FN2O2. The Labute approximate surface area is 112 Å². The van der Waals surface area contributed by atoms with Gasteiger partial charge in [-0.3, -0.25) is 4.79 Å².